The van der Waals surface area contributed by atoms with Crippen LogP contribution in [0.5, 0.6) is 5.75 Å². The van der Waals surface area contributed by atoms with Crippen LogP contribution in [0.3, 0.4) is 0 Å². The van der Waals surface area contributed by atoms with Gasteiger partial charge in [-0.15, -0.1) is 0 Å². The van der Waals surface area contributed by atoms with E-state index in [4.69, 9.17) is 10.5 Å². The van der Waals surface area contributed by atoms with E-state index in [2.05, 4.69) is 48.8 Å². The van der Waals surface area contributed by atoms with Gasteiger partial charge >= 0.3 is 0 Å². The van der Waals surface area contributed by atoms with E-state index in [1.165, 1.54) is 12.8 Å². The van der Waals surface area contributed by atoms with Gasteiger partial charge in [0.2, 0.25) is 0 Å². The van der Waals surface area contributed by atoms with E-state index in [0.717, 1.165) is 28.1 Å². The highest BCUT2D eigenvalue weighted by molar-refractivity contribution is 9.10. The zero-order chi connectivity index (χ0) is 15.6. The number of hydrogen-bond donors (Lipinski definition) is 1. The highest BCUT2D eigenvalue weighted by atomic mass is 79.9. The van der Waals surface area contributed by atoms with Crippen molar-refractivity contribution in [1.29, 1.82) is 0 Å². The molecular formula is C18H28BrNO. The van der Waals surface area contributed by atoms with Crippen LogP contribution in [0.4, 0.5) is 0 Å². The molecule has 1 fully saturated rings. The Kier molecular flexibility index (Phi) is 5.73. The largest absolute Gasteiger partial charge is 0.490 e. The van der Waals surface area contributed by atoms with Gasteiger partial charge in [0.25, 0.3) is 0 Å². The Morgan fingerprint density at radius 1 is 1.24 bits per heavy atom. The Bertz CT molecular complexity index is 472. The molecule has 4 atom stereocenters. The minimum absolute atomic E-state index is 0.0176. The molecule has 0 spiro atoms. The molecule has 0 aliphatic heterocycles. The zero-order valence-corrected chi connectivity index (χ0v) is 15.2. The fourth-order valence-corrected chi connectivity index (χ4v) is 3.77. The standard InChI is InChI=1S/C18H28BrNO/c1-11(2)15-7-5-12(3)9-18(15)21-17-8-6-14(19)10-16(17)13(4)20/h6,8,10-13,15,18H,5,7,9,20H2,1-4H3. The monoisotopic (exact) mass is 353 g/mol. The molecule has 0 amide bonds. The first-order chi connectivity index (χ1) is 9.88. The molecule has 3 heteroatoms. The first kappa shape index (κ1) is 16.8. The number of benzene rings is 1. The van der Waals surface area contributed by atoms with Crippen molar-refractivity contribution in [3.05, 3.63) is 28.2 Å². The lowest BCUT2D eigenvalue weighted by atomic mass is 9.75. The van der Waals surface area contributed by atoms with Gasteiger partial charge < -0.3 is 10.5 Å². The first-order valence-corrected chi connectivity index (χ1v) is 8.89. The highest BCUT2D eigenvalue weighted by Gasteiger charge is 2.32. The van der Waals surface area contributed by atoms with Gasteiger partial charge in [-0.25, -0.2) is 0 Å². The topological polar surface area (TPSA) is 35.2 Å². The number of ether oxygens (including phenoxy) is 1. The summed E-state index contributed by atoms with van der Waals surface area (Å²) in [5.74, 6) is 3.01. The summed E-state index contributed by atoms with van der Waals surface area (Å²) in [4.78, 5) is 0. The van der Waals surface area contributed by atoms with E-state index in [9.17, 15) is 0 Å². The average Bonchev–Trinajstić information content (AvgIpc) is 2.40. The van der Waals surface area contributed by atoms with Gasteiger partial charge in [-0.05, 0) is 55.7 Å². The van der Waals surface area contributed by atoms with Crippen molar-refractivity contribution in [2.45, 2.75) is 59.1 Å². The molecule has 1 aliphatic rings. The van der Waals surface area contributed by atoms with Crippen LogP contribution in [0.25, 0.3) is 0 Å². The normalized spacial score (nSPS) is 27.7. The van der Waals surface area contributed by atoms with Crippen molar-refractivity contribution >= 4 is 15.9 Å². The lowest BCUT2D eigenvalue weighted by molar-refractivity contribution is 0.0451. The average molecular weight is 354 g/mol. The summed E-state index contributed by atoms with van der Waals surface area (Å²) in [5.41, 5.74) is 7.20. The Hall–Kier alpha value is -0.540. The third-order valence-electron chi connectivity index (χ3n) is 4.70. The Morgan fingerprint density at radius 2 is 1.95 bits per heavy atom. The number of halogens is 1. The number of rotatable bonds is 4. The molecule has 1 saturated carbocycles. The fraction of sp³-hybridized carbons (Fsp3) is 0.667. The molecule has 118 valence electrons. The second-order valence-electron chi connectivity index (χ2n) is 6.95. The SMILES string of the molecule is CC1CCC(C(C)C)C(Oc2ccc(Br)cc2C(C)N)C1. The van der Waals surface area contributed by atoms with Crippen molar-refractivity contribution < 1.29 is 4.74 Å². The Labute approximate surface area is 137 Å². The minimum atomic E-state index is -0.0176. The number of hydrogen-bond acceptors (Lipinski definition) is 2. The molecule has 4 unspecified atom stereocenters. The summed E-state index contributed by atoms with van der Waals surface area (Å²) in [7, 11) is 0. The third-order valence-corrected chi connectivity index (χ3v) is 5.20. The Balaban J connectivity index is 2.22. The van der Waals surface area contributed by atoms with Crippen LogP contribution in [-0.2, 0) is 0 Å². The van der Waals surface area contributed by atoms with E-state index < -0.39 is 0 Å². The molecule has 0 heterocycles. The summed E-state index contributed by atoms with van der Waals surface area (Å²) >= 11 is 3.52. The second kappa shape index (κ2) is 7.15. The maximum Gasteiger partial charge on any atom is 0.124 e. The predicted molar refractivity (Wildman–Crippen MR) is 92.5 cm³/mol. The molecular weight excluding hydrogens is 326 g/mol. The summed E-state index contributed by atoms with van der Waals surface area (Å²) in [6.45, 7) is 8.97. The van der Waals surface area contributed by atoms with Crippen LogP contribution in [0, 0.1) is 17.8 Å². The molecule has 1 aromatic carbocycles. The lowest BCUT2D eigenvalue weighted by Gasteiger charge is -2.37. The van der Waals surface area contributed by atoms with E-state index in [1.807, 2.05) is 13.0 Å². The molecule has 1 aromatic rings. The summed E-state index contributed by atoms with van der Waals surface area (Å²) in [6, 6.07) is 6.16. The van der Waals surface area contributed by atoms with Gasteiger partial charge in [-0.2, -0.15) is 0 Å². The van der Waals surface area contributed by atoms with Crippen LogP contribution in [0.1, 0.15) is 58.6 Å². The van der Waals surface area contributed by atoms with Gasteiger partial charge in [-0.1, -0.05) is 43.1 Å². The van der Waals surface area contributed by atoms with Gasteiger partial charge in [0.15, 0.2) is 0 Å². The van der Waals surface area contributed by atoms with Crippen molar-refractivity contribution in [1.82, 2.24) is 0 Å². The minimum Gasteiger partial charge on any atom is -0.490 e. The number of nitrogens with two attached hydrogens (primary N) is 1. The fourth-order valence-electron chi connectivity index (χ4n) is 3.40. The molecule has 2 rings (SSSR count). The van der Waals surface area contributed by atoms with Crippen molar-refractivity contribution in [3.63, 3.8) is 0 Å². The van der Waals surface area contributed by atoms with Crippen LogP contribution < -0.4 is 10.5 Å². The molecule has 21 heavy (non-hydrogen) atoms. The van der Waals surface area contributed by atoms with Crippen LogP contribution >= 0.6 is 15.9 Å². The summed E-state index contributed by atoms with van der Waals surface area (Å²) in [5, 5.41) is 0. The van der Waals surface area contributed by atoms with Crippen molar-refractivity contribution in [2.75, 3.05) is 0 Å². The van der Waals surface area contributed by atoms with E-state index in [-0.39, 0.29) is 6.04 Å². The maximum absolute atomic E-state index is 6.45. The predicted octanol–water partition coefficient (Wildman–Crippen LogP) is 5.31. The van der Waals surface area contributed by atoms with Crippen LogP contribution in [0.15, 0.2) is 22.7 Å². The Morgan fingerprint density at radius 3 is 2.57 bits per heavy atom. The molecule has 1 aliphatic carbocycles. The smallest absolute Gasteiger partial charge is 0.124 e. The van der Waals surface area contributed by atoms with E-state index in [0.29, 0.717) is 17.9 Å². The summed E-state index contributed by atoms with van der Waals surface area (Å²) < 4.78 is 7.50. The van der Waals surface area contributed by atoms with Crippen molar-refractivity contribution in [2.24, 2.45) is 23.5 Å². The van der Waals surface area contributed by atoms with Gasteiger partial charge in [-0.3, -0.25) is 0 Å². The zero-order valence-electron chi connectivity index (χ0n) is 13.6. The summed E-state index contributed by atoms with van der Waals surface area (Å²) in [6.07, 6.45) is 4.06. The van der Waals surface area contributed by atoms with E-state index in [1.54, 1.807) is 0 Å². The molecule has 2 N–H and O–H groups in total. The maximum atomic E-state index is 6.45. The second-order valence-corrected chi connectivity index (χ2v) is 7.87. The van der Waals surface area contributed by atoms with E-state index >= 15 is 0 Å². The first-order valence-electron chi connectivity index (χ1n) is 8.10. The quantitative estimate of drug-likeness (QED) is 0.795. The molecule has 2 nitrogen and oxygen atoms in total. The van der Waals surface area contributed by atoms with Crippen LogP contribution in [-0.4, -0.2) is 6.10 Å². The van der Waals surface area contributed by atoms with Gasteiger partial charge in [0, 0.05) is 16.1 Å². The third kappa shape index (κ3) is 4.23. The van der Waals surface area contributed by atoms with Crippen LogP contribution in [0.2, 0.25) is 0 Å². The molecule has 0 radical (unpaired) electrons. The molecule has 0 aromatic heterocycles. The molecule has 0 bridgehead atoms. The molecule has 0 saturated heterocycles. The van der Waals surface area contributed by atoms with Crippen molar-refractivity contribution in [3.8, 4) is 5.75 Å². The van der Waals surface area contributed by atoms with Gasteiger partial charge in [0.05, 0.1) is 0 Å². The lowest BCUT2D eigenvalue weighted by Crippen LogP contribution is -2.36. The van der Waals surface area contributed by atoms with Gasteiger partial charge in [0.1, 0.15) is 11.9 Å². The highest BCUT2D eigenvalue weighted by Crippen LogP contribution is 2.37.